The van der Waals surface area contributed by atoms with Crippen molar-refractivity contribution in [2.75, 3.05) is 6.54 Å². The minimum Gasteiger partial charge on any atom is -0.353 e. The van der Waals surface area contributed by atoms with Crippen LogP contribution in [0.15, 0.2) is 21.7 Å². The zero-order valence-electron chi connectivity index (χ0n) is 11.5. The van der Waals surface area contributed by atoms with Gasteiger partial charge in [-0.05, 0) is 36.6 Å². The van der Waals surface area contributed by atoms with E-state index in [1.807, 2.05) is 0 Å². The first kappa shape index (κ1) is 15.5. The lowest BCUT2D eigenvalue weighted by Crippen LogP contribution is -2.35. The van der Waals surface area contributed by atoms with Crippen LogP contribution in [0.5, 0.6) is 0 Å². The highest BCUT2D eigenvalue weighted by atomic mass is 32.2. The van der Waals surface area contributed by atoms with Crippen molar-refractivity contribution in [3.8, 4) is 0 Å². The monoisotopic (exact) mass is 316 g/mol. The van der Waals surface area contributed by atoms with E-state index in [4.69, 9.17) is 0 Å². The van der Waals surface area contributed by atoms with Crippen molar-refractivity contribution in [3.63, 3.8) is 0 Å². The molecule has 1 aliphatic rings. The first-order chi connectivity index (χ1) is 9.47. The molecule has 1 heterocycles. The van der Waals surface area contributed by atoms with Gasteiger partial charge in [0.2, 0.25) is 15.9 Å². The van der Waals surface area contributed by atoms with Gasteiger partial charge in [0.05, 0.1) is 0 Å². The number of carbonyl (C=O) groups is 1. The number of carbonyl (C=O) groups excluding carboxylic acids is 1. The largest absolute Gasteiger partial charge is 0.353 e. The van der Waals surface area contributed by atoms with E-state index in [1.54, 1.807) is 17.5 Å². The Hall–Kier alpha value is -0.920. The molecule has 0 saturated heterocycles. The summed E-state index contributed by atoms with van der Waals surface area (Å²) in [6.07, 6.45) is 3.37. The summed E-state index contributed by atoms with van der Waals surface area (Å²) >= 11 is 1.16. The van der Waals surface area contributed by atoms with Crippen LogP contribution in [0.4, 0.5) is 0 Å². The molecule has 2 N–H and O–H groups in total. The van der Waals surface area contributed by atoms with Gasteiger partial charge in [-0.1, -0.05) is 13.0 Å². The molecule has 0 spiro atoms. The molecule has 1 aliphatic carbocycles. The normalized spacial score (nSPS) is 22.9. The van der Waals surface area contributed by atoms with Crippen LogP contribution in [0.1, 0.15) is 32.6 Å². The Balaban J connectivity index is 1.72. The second-order valence-corrected chi connectivity index (χ2v) is 8.20. The molecule has 2 rings (SSSR count). The van der Waals surface area contributed by atoms with E-state index in [0.717, 1.165) is 30.6 Å². The standard InChI is InChI=1S/C13H20N2O3S2/c1-10-4-5-11(9-10)15-12(16)6-7-14-20(17,18)13-3-2-8-19-13/h2-3,8,10-11,14H,4-7,9H2,1H3,(H,15,16). The summed E-state index contributed by atoms with van der Waals surface area (Å²) in [5.74, 6) is 0.579. The summed E-state index contributed by atoms with van der Waals surface area (Å²) in [5.41, 5.74) is 0. The summed E-state index contributed by atoms with van der Waals surface area (Å²) < 4.78 is 26.4. The molecule has 1 aromatic heterocycles. The molecule has 2 atom stereocenters. The molecular formula is C13H20N2O3S2. The third-order valence-electron chi connectivity index (χ3n) is 3.46. The van der Waals surface area contributed by atoms with Gasteiger partial charge in [-0.3, -0.25) is 4.79 Å². The van der Waals surface area contributed by atoms with Crippen LogP contribution in [0.25, 0.3) is 0 Å². The van der Waals surface area contributed by atoms with Crippen molar-refractivity contribution in [2.45, 2.75) is 42.9 Å². The van der Waals surface area contributed by atoms with Gasteiger partial charge in [-0.25, -0.2) is 13.1 Å². The Labute approximate surface area is 123 Å². The molecule has 1 fully saturated rings. The number of thiophene rings is 1. The average molecular weight is 316 g/mol. The van der Waals surface area contributed by atoms with Gasteiger partial charge in [0.25, 0.3) is 0 Å². The maximum absolute atomic E-state index is 11.8. The molecule has 1 aromatic rings. The van der Waals surface area contributed by atoms with Crippen LogP contribution in [0, 0.1) is 5.92 Å². The van der Waals surface area contributed by atoms with Crippen LogP contribution in [0.3, 0.4) is 0 Å². The number of sulfonamides is 1. The second-order valence-electron chi connectivity index (χ2n) is 5.26. The van der Waals surface area contributed by atoms with Crippen LogP contribution < -0.4 is 10.0 Å². The number of hydrogen-bond donors (Lipinski definition) is 2. The molecule has 20 heavy (non-hydrogen) atoms. The van der Waals surface area contributed by atoms with Gasteiger partial charge >= 0.3 is 0 Å². The highest BCUT2D eigenvalue weighted by molar-refractivity contribution is 7.91. The van der Waals surface area contributed by atoms with Crippen molar-refractivity contribution in [3.05, 3.63) is 17.5 Å². The predicted molar refractivity (Wildman–Crippen MR) is 79.1 cm³/mol. The summed E-state index contributed by atoms with van der Waals surface area (Å²) in [5, 5.41) is 4.67. The van der Waals surface area contributed by atoms with Gasteiger partial charge in [-0.15, -0.1) is 11.3 Å². The Kier molecular flexibility index (Phi) is 5.17. The van der Waals surface area contributed by atoms with Crippen LogP contribution >= 0.6 is 11.3 Å². The molecule has 0 radical (unpaired) electrons. The fraction of sp³-hybridized carbons (Fsp3) is 0.615. The molecule has 7 heteroatoms. The summed E-state index contributed by atoms with van der Waals surface area (Å²) in [4.78, 5) is 11.7. The summed E-state index contributed by atoms with van der Waals surface area (Å²) in [6.45, 7) is 2.32. The fourth-order valence-electron chi connectivity index (χ4n) is 2.42. The lowest BCUT2D eigenvalue weighted by molar-refractivity contribution is -0.121. The van der Waals surface area contributed by atoms with Crippen molar-refractivity contribution in [1.82, 2.24) is 10.0 Å². The third kappa shape index (κ3) is 4.29. The molecule has 0 bridgehead atoms. The Morgan fingerprint density at radius 1 is 1.45 bits per heavy atom. The second kappa shape index (κ2) is 6.69. The van der Waals surface area contributed by atoms with Gasteiger partial charge < -0.3 is 5.32 Å². The SMILES string of the molecule is CC1CCC(NC(=O)CCNS(=O)(=O)c2cccs2)C1. The Morgan fingerprint density at radius 3 is 2.85 bits per heavy atom. The molecule has 112 valence electrons. The molecule has 0 aromatic carbocycles. The smallest absolute Gasteiger partial charge is 0.250 e. The van der Waals surface area contributed by atoms with Gasteiger partial charge in [0.1, 0.15) is 4.21 Å². The zero-order valence-corrected chi connectivity index (χ0v) is 13.1. The highest BCUT2D eigenvalue weighted by Gasteiger charge is 2.22. The van der Waals surface area contributed by atoms with E-state index in [1.165, 1.54) is 0 Å². The quantitative estimate of drug-likeness (QED) is 0.839. The first-order valence-electron chi connectivity index (χ1n) is 6.80. The van der Waals surface area contributed by atoms with E-state index < -0.39 is 10.0 Å². The molecule has 5 nitrogen and oxygen atoms in total. The van der Waals surface area contributed by atoms with Crippen molar-refractivity contribution in [2.24, 2.45) is 5.92 Å². The fourth-order valence-corrected chi connectivity index (χ4v) is 4.49. The lowest BCUT2D eigenvalue weighted by Gasteiger charge is -2.12. The maximum atomic E-state index is 11.8. The third-order valence-corrected chi connectivity index (χ3v) is 6.32. The van der Waals surface area contributed by atoms with Crippen molar-refractivity contribution in [1.29, 1.82) is 0 Å². The van der Waals surface area contributed by atoms with Crippen LogP contribution in [-0.2, 0) is 14.8 Å². The number of nitrogens with one attached hydrogen (secondary N) is 2. The minimum absolute atomic E-state index is 0.0852. The molecule has 1 saturated carbocycles. The first-order valence-corrected chi connectivity index (χ1v) is 9.16. The topological polar surface area (TPSA) is 75.3 Å². The van der Waals surface area contributed by atoms with E-state index in [9.17, 15) is 13.2 Å². The van der Waals surface area contributed by atoms with Crippen LogP contribution in [0.2, 0.25) is 0 Å². The van der Waals surface area contributed by atoms with E-state index in [0.29, 0.717) is 5.92 Å². The van der Waals surface area contributed by atoms with E-state index >= 15 is 0 Å². The molecule has 1 amide bonds. The van der Waals surface area contributed by atoms with Gasteiger partial charge in [0, 0.05) is 19.0 Å². The highest BCUT2D eigenvalue weighted by Crippen LogP contribution is 2.24. The number of rotatable bonds is 6. The molecule has 0 aliphatic heterocycles. The van der Waals surface area contributed by atoms with E-state index in [-0.39, 0.29) is 29.1 Å². The lowest BCUT2D eigenvalue weighted by atomic mass is 10.1. The summed E-state index contributed by atoms with van der Waals surface area (Å²) in [6, 6.07) is 3.49. The number of hydrogen-bond acceptors (Lipinski definition) is 4. The Morgan fingerprint density at radius 2 is 2.25 bits per heavy atom. The summed E-state index contributed by atoms with van der Waals surface area (Å²) in [7, 11) is -3.46. The minimum atomic E-state index is -3.46. The molecule has 2 unspecified atom stereocenters. The maximum Gasteiger partial charge on any atom is 0.250 e. The van der Waals surface area contributed by atoms with Crippen molar-refractivity contribution >= 4 is 27.3 Å². The van der Waals surface area contributed by atoms with Gasteiger partial charge in [-0.2, -0.15) is 0 Å². The van der Waals surface area contributed by atoms with Crippen LogP contribution in [-0.4, -0.2) is 26.9 Å². The average Bonchev–Trinajstić information content (AvgIpc) is 3.00. The van der Waals surface area contributed by atoms with Crippen molar-refractivity contribution < 1.29 is 13.2 Å². The Bertz CT molecular complexity index is 540. The zero-order chi connectivity index (χ0) is 14.6. The molecular weight excluding hydrogens is 296 g/mol. The number of amides is 1. The predicted octanol–water partition coefficient (Wildman–Crippen LogP) is 1.72. The van der Waals surface area contributed by atoms with Gasteiger partial charge in [0.15, 0.2) is 0 Å². The van der Waals surface area contributed by atoms with E-state index in [2.05, 4.69) is 17.0 Å².